The Bertz CT molecular complexity index is 555. The minimum atomic E-state index is -0.123. The number of unbranched alkanes of at least 4 members (excludes halogenated alkanes) is 18. The van der Waals surface area contributed by atoms with Crippen LogP contribution in [0.1, 0.15) is 142 Å². The van der Waals surface area contributed by atoms with E-state index in [1.165, 1.54) is 103 Å². The maximum Gasteiger partial charge on any atom is 0.361 e. The lowest BCUT2D eigenvalue weighted by molar-refractivity contribution is -0.939. The highest BCUT2D eigenvalue weighted by Crippen LogP contribution is 2.12. The Morgan fingerprint density at radius 2 is 0.675 bits per heavy atom. The molecule has 0 radical (unpaired) electrons. The molecule has 0 saturated carbocycles. The van der Waals surface area contributed by atoms with Gasteiger partial charge in [-0.2, -0.15) is 0 Å². The van der Waals surface area contributed by atoms with Gasteiger partial charge in [-0.3, -0.25) is 0 Å². The minimum absolute atomic E-state index is 0.123. The highest BCUT2D eigenvalue weighted by atomic mass is 16.5. The summed E-state index contributed by atoms with van der Waals surface area (Å²) in [6.45, 7) is 7.89. The fourth-order valence-electron chi connectivity index (χ4n) is 5.04. The molecule has 0 atom stereocenters. The summed E-state index contributed by atoms with van der Waals surface area (Å²) in [6, 6.07) is 0. The third kappa shape index (κ3) is 27.1. The largest absolute Gasteiger partial charge is 0.462 e. The van der Waals surface area contributed by atoms with E-state index >= 15 is 0 Å². The number of rotatable bonds is 29. The van der Waals surface area contributed by atoms with Crippen LogP contribution in [0.15, 0.2) is 0 Å². The summed E-state index contributed by atoms with van der Waals surface area (Å²) in [5, 5.41) is 0. The van der Waals surface area contributed by atoms with Gasteiger partial charge >= 0.3 is 11.9 Å². The highest BCUT2D eigenvalue weighted by molar-refractivity contribution is 5.70. The van der Waals surface area contributed by atoms with Crippen LogP contribution in [0.2, 0.25) is 0 Å². The van der Waals surface area contributed by atoms with Crippen molar-refractivity contribution in [3.8, 4) is 0 Å². The van der Waals surface area contributed by atoms with Gasteiger partial charge in [-0.1, -0.05) is 129 Å². The van der Waals surface area contributed by atoms with E-state index in [0.29, 0.717) is 35.3 Å². The Hall–Kier alpha value is -1.14. The van der Waals surface area contributed by atoms with E-state index in [2.05, 4.69) is 42.0 Å². The van der Waals surface area contributed by atoms with Gasteiger partial charge < -0.3 is 18.4 Å². The first-order valence-corrected chi connectivity index (χ1v) is 17.1. The van der Waals surface area contributed by atoms with E-state index in [-0.39, 0.29) is 11.9 Å². The van der Waals surface area contributed by atoms with Gasteiger partial charge in [0.25, 0.3) is 0 Å². The second-order valence-electron chi connectivity index (χ2n) is 13.4. The molecule has 0 unspecified atom stereocenters. The molecule has 0 aliphatic heterocycles. The molecule has 0 bridgehead atoms. The molecule has 0 rings (SSSR count). The lowest BCUT2D eigenvalue weighted by atomic mass is 10.1. The second kappa shape index (κ2) is 25.6. The fraction of sp³-hybridized carbons (Fsp3) is 0.941. The molecular weight excluding hydrogens is 500 g/mol. The summed E-state index contributed by atoms with van der Waals surface area (Å²) >= 11 is 0. The predicted octanol–water partition coefficient (Wildman–Crippen LogP) is 8.07. The first-order valence-electron chi connectivity index (χ1n) is 17.1. The monoisotopic (exact) mass is 571 g/mol. The summed E-state index contributed by atoms with van der Waals surface area (Å²) in [4.78, 5) is 24.8. The van der Waals surface area contributed by atoms with E-state index in [9.17, 15) is 9.59 Å². The SMILES string of the molecule is CCCCCCCCCCCCOC(=O)C[N+](C)(C)CC[N+](C)(C)CC(=O)OCCCCCCCCCCCC. The Morgan fingerprint density at radius 3 is 0.950 bits per heavy atom. The van der Waals surface area contributed by atoms with Crippen LogP contribution in [-0.4, -0.2) is 88.5 Å². The molecule has 0 aliphatic rings. The first kappa shape index (κ1) is 38.9. The van der Waals surface area contributed by atoms with Crippen LogP contribution >= 0.6 is 0 Å². The molecule has 6 nitrogen and oxygen atoms in total. The molecule has 0 spiro atoms. The number of hydrogen-bond donors (Lipinski definition) is 0. The molecule has 0 fully saturated rings. The number of ether oxygens (including phenoxy) is 2. The number of carbonyl (C=O) groups is 2. The number of esters is 2. The zero-order valence-corrected chi connectivity index (χ0v) is 27.9. The standard InChI is InChI=1S/C34H70N2O4/c1-7-9-11-13-15-17-19-21-23-25-29-39-33(37)31-35(3,4)27-28-36(5,6)32-34(38)40-30-26-24-22-20-18-16-14-12-10-8-2/h7-32H2,1-6H3/q+2. The van der Waals surface area contributed by atoms with E-state index in [4.69, 9.17) is 9.47 Å². The molecule has 40 heavy (non-hydrogen) atoms. The Labute approximate surface area is 249 Å². The van der Waals surface area contributed by atoms with E-state index < -0.39 is 0 Å². The summed E-state index contributed by atoms with van der Waals surface area (Å²) in [6.07, 6.45) is 25.5. The van der Waals surface area contributed by atoms with Crippen molar-refractivity contribution in [1.29, 1.82) is 0 Å². The molecule has 0 aromatic rings. The van der Waals surface area contributed by atoms with Crippen LogP contribution in [0.25, 0.3) is 0 Å². The zero-order valence-electron chi connectivity index (χ0n) is 27.9. The van der Waals surface area contributed by atoms with Crippen LogP contribution in [0.4, 0.5) is 0 Å². The Morgan fingerprint density at radius 1 is 0.425 bits per heavy atom. The van der Waals surface area contributed by atoms with Crippen molar-refractivity contribution in [3.63, 3.8) is 0 Å². The minimum Gasteiger partial charge on any atom is -0.462 e. The summed E-state index contributed by atoms with van der Waals surface area (Å²) in [5.74, 6) is -0.246. The van der Waals surface area contributed by atoms with Crippen molar-refractivity contribution in [3.05, 3.63) is 0 Å². The summed E-state index contributed by atoms with van der Waals surface area (Å²) < 4.78 is 12.2. The molecule has 0 saturated heterocycles. The number of carbonyl (C=O) groups excluding carboxylic acids is 2. The van der Waals surface area contributed by atoms with Gasteiger partial charge in [0, 0.05) is 0 Å². The van der Waals surface area contributed by atoms with Crippen LogP contribution < -0.4 is 0 Å². The van der Waals surface area contributed by atoms with Gasteiger partial charge in [-0.15, -0.1) is 0 Å². The number of likely N-dealkylation sites (N-methyl/N-ethyl adjacent to an activating group) is 2. The van der Waals surface area contributed by atoms with Crippen molar-refractivity contribution in [2.45, 2.75) is 142 Å². The predicted molar refractivity (Wildman–Crippen MR) is 169 cm³/mol. The molecule has 0 aromatic heterocycles. The lowest BCUT2D eigenvalue weighted by Gasteiger charge is -2.34. The van der Waals surface area contributed by atoms with Crippen LogP contribution in [-0.2, 0) is 19.1 Å². The normalized spacial score (nSPS) is 12.1. The van der Waals surface area contributed by atoms with Crippen molar-refractivity contribution < 1.29 is 28.0 Å². The molecule has 0 aromatic carbocycles. The van der Waals surface area contributed by atoms with Crippen molar-refractivity contribution in [2.75, 3.05) is 67.6 Å². The summed E-state index contributed by atoms with van der Waals surface area (Å²) in [7, 11) is 8.24. The summed E-state index contributed by atoms with van der Waals surface area (Å²) in [5.41, 5.74) is 0. The number of quaternary nitrogens is 2. The zero-order chi connectivity index (χ0) is 30.0. The Balaban J connectivity index is 3.84. The average molecular weight is 571 g/mol. The lowest BCUT2D eigenvalue weighted by Crippen LogP contribution is -2.54. The van der Waals surface area contributed by atoms with Gasteiger partial charge in [-0.25, -0.2) is 9.59 Å². The van der Waals surface area contributed by atoms with E-state index in [0.717, 1.165) is 38.8 Å². The van der Waals surface area contributed by atoms with Crippen molar-refractivity contribution >= 4 is 11.9 Å². The molecule has 238 valence electrons. The average Bonchev–Trinajstić information content (AvgIpc) is 2.89. The number of nitrogens with zero attached hydrogens (tertiary/aromatic N) is 2. The molecule has 6 heteroatoms. The maximum absolute atomic E-state index is 12.4. The Kier molecular flexibility index (Phi) is 24.8. The molecule has 0 amide bonds. The fourth-order valence-corrected chi connectivity index (χ4v) is 5.04. The van der Waals surface area contributed by atoms with Crippen LogP contribution in [0.5, 0.6) is 0 Å². The topological polar surface area (TPSA) is 52.6 Å². The van der Waals surface area contributed by atoms with Gasteiger partial charge in [0.2, 0.25) is 0 Å². The third-order valence-electron chi connectivity index (χ3n) is 7.95. The van der Waals surface area contributed by atoms with Crippen molar-refractivity contribution in [1.82, 2.24) is 0 Å². The third-order valence-corrected chi connectivity index (χ3v) is 7.95. The van der Waals surface area contributed by atoms with E-state index in [1.54, 1.807) is 0 Å². The van der Waals surface area contributed by atoms with Crippen LogP contribution in [0.3, 0.4) is 0 Å². The van der Waals surface area contributed by atoms with Crippen LogP contribution in [0, 0.1) is 0 Å². The quantitative estimate of drug-likeness (QED) is 0.0518. The smallest absolute Gasteiger partial charge is 0.361 e. The maximum atomic E-state index is 12.4. The molecule has 0 heterocycles. The second-order valence-corrected chi connectivity index (χ2v) is 13.4. The van der Waals surface area contributed by atoms with Gasteiger partial charge in [0.05, 0.1) is 41.4 Å². The number of hydrogen-bond acceptors (Lipinski definition) is 4. The molecule has 0 N–H and O–H groups in total. The van der Waals surface area contributed by atoms with E-state index in [1.807, 2.05) is 0 Å². The van der Waals surface area contributed by atoms with Gasteiger partial charge in [0.1, 0.15) is 13.1 Å². The van der Waals surface area contributed by atoms with Crippen molar-refractivity contribution in [2.24, 2.45) is 0 Å². The first-order chi connectivity index (χ1) is 19.1. The molecule has 0 aliphatic carbocycles. The highest BCUT2D eigenvalue weighted by Gasteiger charge is 2.28. The van der Waals surface area contributed by atoms with Gasteiger partial charge in [0.15, 0.2) is 13.1 Å². The van der Waals surface area contributed by atoms with Gasteiger partial charge in [-0.05, 0) is 12.8 Å². The molecular formula is C34H70N2O4+2.